The summed E-state index contributed by atoms with van der Waals surface area (Å²) >= 11 is 0. The Morgan fingerprint density at radius 2 is 1.61 bits per heavy atom. The molecule has 100 valence electrons. The Balaban J connectivity index is 2.23. The number of hydrogen-bond donors (Lipinski definition) is 0. The van der Waals surface area contributed by atoms with Gasteiger partial charge in [0.05, 0.1) is 11.2 Å². The van der Waals surface area contributed by atoms with Crippen LogP contribution in [0, 0.1) is 0 Å². The molecular formula is C11H22BN3O2Si. The fraction of sp³-hybridized carbons (Fsp3) is 0.818. The topological polar surface area (TPSA) is 49.2 Å². The first-order valence-electron chi connectivity index (χ1n) is 6.31. The molecule has 0 bridgehead atoms. The fourth-order valence-electron chi connectivity index (χ4n) is 1.68. The molecule has 2 heterocycles. The lowest BCUT2D eigenvalue weighted by Gasteiger charge is -2.32. The van der Waals surface area contributed by atoms with Gasteiger partial charge >= 0.3 is 7.12 Å². The van der Waals surface area contributed by atoms with Crippen molar-refractivity contribution in [2.24, 2.45) is 0 Å². The van der Waals surface area contributed by atoms with Gasteiger partial charge in [0.25, 0.3) is 0 Å². The standard InChI is InChI=1S/C11H22BN3O2Si/c1-10(2)11(3,4)17-12(16-10)9-8-15(14-13-9)18(5,6)7/h8H,1-7H3. The monoisotopic (exact) mass is 267 g/mol. The summed E-state index contributed by atoms with van der Waals surface area (Å²) in [5.41, 5.74) is 0.0948. The molecule has 1 aliphatic rings. The molecule has 1 aromatic rings. The minimum Gasteiger partial charge on any atom is -0.398 e. The molecule has 0 radical (unpaired) electrons. The second-order valence-electron chi connectivity index (χ2n) is 6.85. The van der Waals surface area contributed by atoms with Gasteiger partial charge in [0.15, 0.2) is 8.24 Å². The minimum atomic E-state index is -1.50. The highest BCUT2D eigenvalue weighted by Crippen LogP contribution is 2.36. The van der Waals surface area contributed by atoms with Crippen molar-refractivity contribution in [3.8, 4) is 0 Å². The first-order chi connectivity index (χ1) is 8.03. The Bertz CT molecular complexity index is 437. The van der Waals surface area contributed by atoms with E-state index in [0.717, 1.165) is 5.59 Å². The molecule has 0 aliphatic carbocycles. The Hall–Kier alpha value is -0.658. The van der Waals surface area contributed by atoms with Crippen molar-refractivity contribution >= 4 is 20.9 Å². The number of aromatic nitrogens is 3. The normalized spacial score (nSPS) is 22.5. The summed E-state index contributed by atoms with van der Waals surface area (Å²) in [6.07, 6.45) is 1.95. The molecule has 0 unspecified atom stereocenters. The first-order valence-corrected chi connectivity index (χ1v) is 9.76. The van der Waals surface area contributed by atoms with Crippen molar-refractivity contribution in [1.29, 1.82) is 0 Å². The van der Waals surface area contributed by atoms with Crippen molar-refractivity contribution < 1.29 is 9.31 Å². The van der Waals surface area contributed by atoms with Gasteiger partial charge in [-0.3, -0.25) is 4.35 Å². The van der Waals surface area contributed by atoms with E-state index in [1.54, 1.807) is 0 Å². The molecule has 1 aromatic heterocycles. The third-order valence-electron chi connectivity index (χ3n) is 3.69. The molecule has 0 saturated carbocycles. The number of hydrogen-bond acceptors (Lipinski definition) is 4. The lowest BCUT2D eigenvalue weighted by atomic mass is 9.86. The van der Waals surface area contributed by atoms with Gasteiger partial charge in [-0.15, -0.1) is 5.10 Å². The summed E-state index contributed by atoms with van der Waals surface area (Å²) in [7, 11) is -1.92. The van der Waals surface area contributed by atoms with E-state index in [0.29, 0.717) is 0 Å². The maximum atomic E-state index is 5.95. The van der Waals surface area contributed by atoms with E-state index in [2.05, 4.69) is 30.0 Å². The molecule has 0 atom stereocenters. The first kappa shape index (κ1) is 13.8. The molecule has 0 N–H and O–H groups in total. The Morgan fingerprint density at radius 1 is 1.11 bits per heavy atom. The van der Waals surface area contributed by atoms with Gasteiger partial charge in [-0.05, 0) is 47.3 Å². The molecule has 0 spiro atoms. The van der Waals surface area contributed by atoms with Crippen LogP contribution in [0.15, 0.2) is 6.20 Å². The molecule has 2 rings (SSSR count). The van der Waals surface area contributed by atoms with Crippen LogP contribution < -0.4 is 5.59 Å². The summed E-state index contributed by atoms with van der Waals surface area (Å²) in [5, 5.41) is 8.39. The average Bonchev–Trinajstić information content (AvgIpc) is 2.69. The predicted molar refractivity (Wildman–Crippen MR) is 74.5 cm³/mol. The van der Waals surface area contributed by atoms with Gasteiger partial charge in [-0.2, -0.15) is 0 Å². The van der Waals surface area contributed by atoms with Crippen molar-refractivity contribution in [3.63, 3.8) is 0 Å². The van der Waals surface area contributed by atoms with E-state index in [1.807, 2.05) is 38.2 Å². The molecule has 7 heteroatoms. The minimum absolute atomic E-state index is 0.333. The van der Waals surface area contributed by atoms with Gasteiger partial charge in [0, 0.05) is 6.20 Å². The van der Waals surface area contributed by atoms with Crippen LogP contribution in [0.5, 0.6) is 0 Å². The number of rotatable bonds is 2. The Morgan fingerprint density at radius 3 is 2.00 bits per heavy atom. The summed E-state index contributed by atoms with van der Waals surface area (Å²) in [6.45, 7) is 14.8. The van der Waals surface area contributed by atoms with Crippen molar-refractivity contribution in [3.05, 3.63) is 6.20 Å². The van der Waals surface area contributed by atoms with E-state index in [-0.39, 0.29) is 11.2 Å². The van der Waals surface area contributed by atoms with Crippen LogP contribution in [-0.4, -0.2) is 41.2 Å². The molecule has 1 aliphatic heterocycles. The quantitative estimate of drug-likeness (QED) is 0.757. The Kier molecular flexibility index (Phi) is 2.99. The van der Waals surface area contributed by atoms with Crippen LogP contribution in [0.4, 0.5) is 0 Å². The molecule has 5 nitrogen and oxygen atoms in total. The predicted octanol–water partition coefficient (Wildman–Crippen LogP) is 1.26. The Labute approximate surface area is 110 Å². The van der Waals surface area contributed by atoms with Crippen molar-refractivity contribution in [2.75, 3.05) is 0 Å². The lowest BCUT2D eigenvalue weighted by molar-refractivity contribution is 0.00578. The van der Waals surface area contributed by atoms with E-state index in [4.69, 9.17) is 9.31 Å². The fourth-order valence-corrected chi connectivity index (χ4v) is 2.51. The highest BCUT2D eigenvalue weighted by molar-refractivity contribution is 6.74. The zero-order valence-electron chi connectivity index (χ0n) is 12.3. The van der Waals surface area contributed by atoms with Crippen molar-refractivity contribution in [2.45, 2.75) is 58.5 Å². The van der Waals surface area contributed by atoms with Crippen LogP contribution >= 0.6 is 0 Å². The third kappa shape index (κ3) is 2.26. The third-order valence-corrected chi connectivity index (χ3v) is 5.29. The van der Waals surface area contributed by atoms with Crippen LogP contribution in [0.1, 0.15) is 27.7 Å². The van der Waals surface area contributed by atoms with Gasteiger partial charge < -0.3 is 9.31 Å². The van der Waals surface area contributed by atoms with Gasteiger partial charge in [0.1, 0.15) is 5.59 Å². The largest absolute Gasteiger partial charge is 0.518 e. The highest BCUT2D eigenvalue weighted by Gasteiger charge is 2.52. The zero-order chi connectivity index (χ0) is 13.8. The van der Waals surface area contributed by atoms with Crippen molar-refractivity contribution in [1.82, 2.24) is 14.7 Å². The molecule has 0 aromatic carbocycles. The summed E-state index contributed by atoms with van der Waals surface area (Å²) in [5.74, 6) is 0. The maximum absolute atomic E-state index is 5.95. The van der Waals surface area contributed by atoms with Crippen LogP contribution in [0.25, 0.3) is 0 Å². The molecule has 18 heavy (non-hydrogen) atoms. The number of nitrogens with zero attached hydrogens (tertiary/aromatic N) is 3. The summed E-state index contributed by atoms with van der Waals surface area (Å²) < 4.78 is 13.9. The van der Waals surface area contributed by atoms with E-state index in [9.17, 15) is 0 Å². The van der Waals surface area contributed by atoms with Gasteiger partial charge in [-0.1, -0.05) is 5.21 Å². The highest BCUT2D eigenvalue weighted by atomic mass is 28.3. The molecule has 1 saturated heterocycles. The SMILES string of the molecule is CC1(C)OB(c2cn([Si](C)(C)C)nn2)OC1(C)C. The zero-order valence-corrected chi connectivity index (χ0v) is 13.3. The smallest absolute Gasteiger partial charge is 0.398 e. The molecular weight excluding hydrogens is 245 g/mol. The molecule has 0 amide bonds. The second-order valence-corrected chi connectivity index (χ2v) is 11.6. The van der Waals surface area contributed by atoms with E-state index < -0.39 is 15.4 Å². The molecule has 1 fully saturated rings. The van der Waals surface area contributed by atoms with Crippen LogP contribution in [0.2, 0.25) is 19.6 Å². The van der Waals surface area contributed by atoms with Crippen LogP contribution in [-0.2, 0) is 9.31 Å². The van der Waals surface area contributed by atoms with E-state index in [1.165, 1.54) is 0 Å². The maximum Gasteiger partial charge on any atom is 0.518 e. The van der Waals surface area contributed by atoms with Crippen LogP contribution in [0.3, 0.4) is 0 Å². The second kappa shape index (κ2) is 3.92. The summed E-state index contributed by atoms with van der Waals surface area (Å²) in [6, 6.07) is 0. The lowest BCUT2D eigenvalue weighted by Crippen LogP contribution is -2.41. The van der Waals surface area contributed by atoms with E-state index >= 15 is 0 Å². The van der Waals surface area contributed by atoms with Gasteiger partial charge in [-0.25, -0.2) is 0 Å². The van der Waals surface area contributed by atoms with Gasteiger partial charge in [0.2, 0.25) is 0 Å². The average molecular weight is 267 g/mol. The summed E-state index contributed by atoms with van der Waals surface area (Å²) in [4.78, 5) is 0.